The van der Waals surface area contributed by atoms with E-state index in [1.807, 2.05) is 0 Å². The third kappa shape index (κ3) is 3.22. The lowest BCUT2D eigenvalue weighted by molar-refractivity contribution is -0.305. The van der Waals surface area contributed by atoms with E-state index in [2.05, 4.69) is 20.7 Å². The van der Waals surface area contributed by atoms with Crippen LogP contribution >= 0.6 is 15.9 Å². The fourth-order valence-corrected chi connectivity index (χ4v) is 2.03. The second-order valence-corrected chi connectivity index (χ2v) is 4.95. The smallest absolute Gasteiger partial charge is 0.458 e. The summed E-state index contributed by atoms with van der Waals surface area (Å²) in [5.74, 6) is -8.59. The number of amides is 1. The van der Waals surface area contributed by atoms with Crippen LogP contribution in [0.1, 0.15) is 15.9 Å². The number of ether oxygens (including phenoxy) is 1. The van der Waals surface area contributed by atoms with E-state index >= 15 is 0 Å². The monoisotopic (exact) mass is 386 g/mol. The van der Waals surface area contributed by atoms with Crippen molar-refractivity contribution in [1.82, 2.24) is 0 Å². The van der Waals surface area contributed by atoms with Gasteiger partial charge in [0.2, 0.25) is 0 Å². The molecule has 22 heavy (non-hydrogen) atoms. The molecule has 1 aromatic carbocycles. The Hall–Kier alpha value is -1.68. The van der Waals surface area contributed by atoms with E-state index in [0.717, 1.165) is 6.07 Å². The molecule has 0 fully saturated rings. The fourth-order valence-electron chi connectivity index (χ4n) is 1.52. The standard InChI is InChI=1S/C12H10BrF4NO4/c1-5-3-4-6(7(8(5)13)9(19)20)18-10(21)11(14,22-2)12(15,16)17/h3-4H,1-2H3,(H,18,21)(H,19,20)/p-1/t11-/m0/s1. The van der Waals surface area contributed by atoms with E-state index in [1.165, 1.54) is 13.0 Å². The number of carboxylic acids is 1. The van der Waals surface area contributed by atoms with Crippen LogP contribution in [0.4, 0.5) is 23.2 Å². The topological polar surface area (TPSA) is 78.5 Å². The first kappa shape index (κ1) is 18.4. The molecule has 10 heteroatoms. The number of aryl methyl sites for hydroxylation is 1. The number of carbonyl (C=O) groups excluding carboxylic acids is 2. The summed E-state index contributed by atoms with van der Waals surface area (Å²) in [6.45, 7) is 1.51. The van der Waals surface area contributed by atoms with Gasteiger partial charge in [0.05, 0.1) is 11.7 Å². The maximum absolute atomic E-state index is 13.7. The predicted molar refractivity (Wildman–Crippen MR) is 68.7 cm³/mol. The number of benzene rings is 1. The molecule has 0 saturated heterocycles. The van der Waals surface area contributed by atoms with Gasteiger partial charge in [0.15, 0.2) is 0 Å². The molecule has 0 spiro atoms. The van der Waals surface area contributed by atoms with Gasteiger partial charge in [-0.05, 0) is 34.5 Å². The van der Waals surface area contributed by atoms with Crippen LogP contribution in [0.3, 0.4) is 0 Å². The third-order valence-electron chi connectivity index (χ3n) is 2.73. The highest BCUT2D eigenvalue weighted by Crippen LogP contribution is 2.36. The summed E-state index contributed by atoms with van der Waals surface area (Å²) in [6.07, 6.45) is -5.64. The van der Waals surface area contributed by atoms with E-state index in [9.17, 15) is 32.3 Å². The lowest BCUT2D eigenvalue weighted by atomic mass is 10.1. The zero-order valence-electron chi connectivity index (χ0n) is 11.2. The first-order valence-electron chi connectivity index (χ1n) is 5.58. The van der Waals surface area contributed by atoms with E-state index in [0.29, 0.717) is 12.7 Å². The van der Waals surface area contributed by atoms with E-state index in [1.54, 1.807) is 5.32 Å². The normalized spacial score (nSPS) is 14.3. The van der Waals surface area contributed by atoms with Crippen molar-refractivity contribution in [1.29, 1.82) is 0 Å². The van der Waals surface area contributed by atoms with Crippen molar-refractivity contribution < 1.29 is 37.0 Å². The van der Waals surface area contributed by atoms with Crippen LogP contribution in [0.15, 0.2) is 16.6 Å². The Morgan fingerprint density at radius 3 is 2.23 bits per heavy atom. The number of halogens is 5. The second-order valence-electron chi connectivity index (χ2n) is 4.16. The molecule has 0 aliphatic carbocycles. The second kappa shape index (κ2) is 6.21. The Balaban J connectivity index is 3.29. The van der Waals surface area contributed by atoms with Crippen LogP contribution in [0.2, 0.25) is 0 Å². The molecular formula is C12H9BrF4NO4-. The summed E-state index contributed by atoms with van der Waals surface area (Å²) in [4.78, 5) is 22.6. The number of hydrogen-bond donors (Lipinski definition) is 1. The Morgan fingerprint density at radius 2 is 1.82 bits per heavy atom. The number of methoxy groups -OCH3 is 1. The van der Waals surface area contributed by atoms with Gasteiger partial charge in [-0.15, -0.1) is 0 Å². The minimum Gasteiger partial charge on any atom is -0.545 e. The largest absolute Gasteiger partial charge is 0.545 e. The molecule has 0 radical (unpaired) electrons. The van der Waals surface area contributed by atoms with Crippen LogP contribution in [0, 0.1) is 6.92 Å². The maximum Gasteiger partial charge on any atom is 0.458 e. The van der Waals surface area contributed by atoms with Gasteiger partial charge in [0.25, 0.3) is 5.91 Å². The van der Waals surface area contributed by atoms with Gasteiger partial charge in [-0.1, -0.05) is 6.07 Å². The first-order valence-corrected chi connectivity index (χ1v) is 6.37. The zero-order valence-corrected chi connectivity index (χ0v) is 12.8. The highest BCUT2D eigenvalue weighted by atomic mass is 79.9. The summed E-state index contributed by atoms with van der Waals surface area (Å²) in [5, 5.41) is 12.6. The number of carboxylic acid groups (broad SMARTS) is 1. The van der Waals surface area contributed by atoms with Gasteiger partial charge >= 0.3 is 12.0 Å². The molecule has 0 aliphatic heterocycles. The minimum atomic E-state index is -5.64. The van der Waals surface area contributed by atoms with Crippen molar-refractivity contribution in [3.63, 3.8) is 0 Å². The molecule has 5 nitrogen and oxygen atoms in total. The molecule has 0 aliphatic rings. The molecule has 0 aromatic heterocycles. The van der Waals surface area contributed by atoms with Crippen LogP contribution in [0.25, 0.3) is 0 Å². The minimum absolute atomic E-state index is 0.0146. The predicted octanol–water partition coefficient (Wildman–Crippen LogP) is 1.93. The van der Waals surface area contributed by atoms with Gasteiger partial charge in [0, 0.05) is 17.1 Å². The Kier molecular flexibility index (Phi) is 5.18. The van der Waals surface area contributed by atoms with Crippen molar-refractivity contribution in [2.24, 2.45) is 0 Å². The summed E-state index contributed by atoms with van der Waals surface area (Å²) >= 11 is 2.91. The summed E-state index contributed by atoms with van der Waals surface area (Å²) in [6, 6.07) is 2.32. The average molecular weight is 387 g/mol. The molecule has 0 bridgehead atoms. The molecule has 0 unspecified atom stereocenters. The van der Waals surface area contributed by atoms with E-state index in [4.69, 9.17) is 0 Å². The number of aromatic carboxylic acids is 1. The summed E-state index contributed by atoms with van der Waals surface area (Å²) in [5.41, 5.74) is -0.758. The van der Waals surface area contributed by atoms with Gasteiger partial charge in [-0.3, -0.25) is 4.79 Å². The number of anilines is 1. The molecule has 1 aromatic rings. The third-order valence-corrected chi connectivity index (χ3v) is 3.75. The van der Waals surface area contributed by atoms with Gasteiger partial charge in [-0.25, -0.2) is 0 Å². The summed E-state index contributed by atoms with van der Waals surface area (Å²) in [7, 11) is 0.359. The highest BCUT2D eigenvalue weighted by Gasteiger charge is 2.63. The Morgan fingerprint density at radius 1 is 1.27 bits per heavy atom. The van der Waals surface area contributed by atoms with Crippen molar-refractivity contribution in [3.05, 3.63) is 27.7 Å². The van der Waals surface area contributed by atoms with Gasteiger partial charge in [0.1, 0.15) is 0 Å². The quantitative estimate of drug-likeness (QED) is 0.802. The highest BCUT2D eigenvalue weighted by molar-refractivity contribution is 9.10. The lowest BCUT2D eigenvalue weighted by Crippen LogP contribution is -2.52. The van der Waals surface area contributed by atoms with Crippen LogP contribution in [-0.4, -0.2) is 31.0 Å². The molecule has 1 rings (SSSR count). The Labute approximate surface area is 130 Å². The number of alkyl halides is 4. The van der Waals surface area contributed by atoms with Crippen molar-refractivity contribution in [2.45, 2.75) is 19.0 Å². The summed E-state index contributed by atoms with van der Waals surface area (Å²) < 4.78 is 55.0. The van der Waals surface area contributed by atoms with Gasteiger partial charge < -0.3 is 20.0 Å². The maximum atomic E-state index is 13.7. The molecule has 1 amide bonds. The van der Waals surface area contributed by atoms with Crippen LogP contribution < -0.4 is 10.4 Å². The molecule has 0 saturated carbocycles. The van der Waals surface area contributed by atoms with E-state index in [-0.39, 0.29) is 4.47 Å². The number of nitrogens with one attached hydrogen (secondary N) is 1. The SMILES string of the molecule is CO[C@@](F)(C(=O)Nc1ccc(C)c(Br)c1C(=O)[O-])C(F)(F)F. The molecule has 1 N–H and O–H groups in total. The fraction of sp³-hybridized carbons (Fsp3) is 0.333. The van der Waals surface area contributed by atoms with Crippen molar-refractivity contribution in [3.8, 4) is 0 Å². The molecular weight excluding hydrogens is 378 g/mol. The molecule has 1 atom stereocenters. The number of carbonyl (C=O) groups is 2. The van der Waals surface area contributed by atoms with Crippen LogP contribution in [0.5, 0.6) is 0 Å². The average Bonchev–Trinajstić information content (AvgIpc) is 2.40. The van der Waals surface area contributed by atoms with Gasteiger partial charge in [-0.2, -0.15) is 17.6 Å². The number of rotatable bonds is 4. The molecule has 122 valence electrons. The first-order chi connectivity index (χ1) is 9.95. The number of hydrogen-bond acceptors (Lipinski definition) is 4. The van der Waals surface area contributed by atoms with Crippen LogP contribution in [-0.2, 0) is 9.53 Å². The van der Waals surface area contributed by atoms with Crippen molar-refractivity contribution in [2.75, 3.05) is 12.4 Å². The van der Waals surface area contributed by atoms with E-state index < -0.39 is 35.2 Å². The lowest BCUT2D eigenvalue weighted by Gasteiger charge is -2.25. The zero-order chi connectivity index (χ0) is 17.3. The molecule has 0 heterocycles. The Bertz CT molecular complexity index is 620. The van der Waals surface area contributed by atoms with Crippen molar-refractivity contribution >= 4 is 33.5 Å².